The molecule has 0 heterocycles. The first kappa shape index (κ1) is 20.4. The maximum absolute atomic E-state index is 9.38. The molecule has 0 atom stereocenters. The molecule has 0 unspecified atom stereocenters. The molecular weight excluding hydrogens is 364 g/mol. The van der Waals surface area contributed by atoms with Gasteiger partial charge >= 0.3 is 0 Å². The maximum atomic E-state index is 9.38. The molecule has 3 rings (SSSR count). The van der Waals surface area contributed by atoms with E-state index in [-0.39, 0.29) is 5.57 Å². The number of nitriles is 2. The molecule has 0 aliphatic heterocycles. The fourth-order valence-electron chi connectivity index (χ4n) is 3.12. The highest BCUT2D eigenvalue weighted by Gasteiger charge is 2.07. The molecular formula is C28H20N2. The van der Waals surface area contributed by atoms with Crippen molar-refractivity contribution < 1.29 is 0 Å². The van der Waals surface area contributed by atoms with Crippen molar-refractivity contribution in [2.45, 2.75) is 13.8 Å². The Hall–Kier alpha value is -4.32. The lowest BCUT2D eigenvalue weighted by atomic mass is 9.98. The zero-order chi connectivity index (χ0) is 21.3. The molecule has 0 saturated carbocycles. The molecule has 1 aliphatic carbocycles. The van der Waals surface area contributed by atoms with Crippen LogP contribution >= 0.6 is 0 Å². The molecule has 2 nitrogen and oxygen atoms in total. The molecule has 2 heteroatoms. The monoisotopic (exact) mass is 384 g/mol. The van der Waals surface area contributed by atoms with Crippen molar-refractivity contribution in [3.63, 3.8) is 0 Å². The Morgan fingerprint density at radius 3 is 2.17 bits per heavy atom. The summed E-state index contributed by atoms with van der Waals surface area (Å²) in [6.45, 7) is 4.13. The van der Waals surface area contributed by atoms with Crippen LogP contribution in [0.1, 0.15) is 22.3 Å². The van der Waals surface area contributed by atoms with E-state index in [1.165, 1.54) is 0 Å². The SMILES string of the molecule is Cc1cccc(C)c1C#CC1=CC=C/C(=C\C(=C(C#N)C#N)c2ccccc2)C=C1. The molecule has 0 spiro atoms. The lowest BCUT2D eigenvalue weighted by molar-refractivity contribution is 1.35. The van der Waals surface area contributed by atoms with E-state index in [2.05, 4.69) is 37.8 Å². The van der Waals surface area contributed by atoms with E-state index in [0.29, 0.717) is 5.57 Å². The van der Waals surface area contributed by atoms with Crippen molar-refractivity contribution in [1.82, 2.24) is 0 Å². The van der Waals surface area contributed by atoms with Crippen LogP contribution < -0.4 is 0 Å². The molecule has 142 valence electrons. The lowest BCUT2D eigenvalue weighted by Gasteiger charge is -2.04. The summed E-state index contributed by atoms with van der Waals surface area (Å²) in [6.07, 6.45) is 11.6. The van der Waals surface area contributed by atoms with Gasteiger partial charge in [0.25, 0.3) is 0 Å². The van der Waals surface area contributed by atoms with Gasteiger partial charge in [-0.1, -0.05) is 78.6 Å². The van der Waals surface area contributed by atoms with Crippen LogP contribution in [-0.4, -0.2) is 0 Å². The van der Waals surface area contributed by atoms with Crippen LogP contribution in [-0.2, 0) is 0 Å². The van der Waals surface area contributed by atoms with E-state index in [0.717, 1.165) is 33.4 Å². The second kappa shape index (κ2) is 9.75. The van der Waals surface area contributed by atoms with Crippen LogP contribution in [0.2, 0.25) is 0 Å². The fraction of sp³-hybridized carbons (Fsp3) is 0.0714. The third-order valence-corrected chi connectivity index (χ3v) is 4.72. The zero-order valence-corrected chi connectivity index (χ0v) is 17.0. The van der Waals surface area contributed by atoms with Crippen LogP contribution in [0.25, 0.3) is 5.57 Å². The molecule has 0 amide bonds. The Balaban J connectivity index is 1.94. The van der Waals surface area contributed by atoms with Gasteiger partial charge < -0.3 is 0 Å². The largest absolute Gasteiger partial charge is 0.192 e. The lowest BCUT2D eigenvalue weighted by Crippen LogP contribution is -1.88. The third kappa shape index (κ3) is 4.94. The molecule has 2 aromatic carbocycles. The summed E-state index contributed by atoms with van der Waals surface area (Å²) in [7, 11) is 0. The van der Waals surface area contributed by atoms with Crippen molar-refractivity contribution in [3.8, 4) is 24.0 Å². The Morgan fingerprint density at radius 1 is 0.800 bits per heavy atom. The number of hydrogen-bond donors (Lipinski definition) is 0. The Bertz CT molecular complexity index is 1220. The predicted molar refractivity (Wildman–Crippen MR) is 122 cm³/mol. The normalized spacial score (nSPS) is 13.3. The molecule has 0 fully saturated rings. The van der Waals surface area contributed by atoms with Gasteiger partial charge in [0.2, 0.25) is 0 Å². The first-order chi connectivity index (χ1) is 14.6. The number of nitrogens with zero attached hydrogens (tertiary/aromatic N) is 2. The molecule has 1 aliphatic rings. The van der Waals surface area contributed by atoms with Crippen LogP contribution in [0.4, 0.5) is 0 Å². The maximum Gasteiger partial charge on any atom is 0.137 e. The van der Waals surface area contributed by atoms with Gasteiger partial charge in [0.1, 0.15) is 17.7 Å². The van der Waals surface area contributed by atoms with Gasteiger partial charge in [0.05, 0.1) is 0 Å². The summed E-state index contributed by atoms with van der Waals surface area (Å²) in [5.74, 6) is 6.52. The van der Waals surface area contributed by atoms with E-state index in [1.807, 2.05) is 85.0 Å². The van der Waals surface area contributed by atoms with Gasteiger partial charge in [-0.15, -0.1) is 0 Å². The van der Waals surface area contributed by atoms with E-state index in [9.17, 15) is 10.5 Å². The van der Waals surface area contributed by atoms with Crippen molar-refractivity contribution in [2.24, 2.45) is 0 Å². The number of allylic oxidation sites excluding steroid dienone is 10. The molecule has 2 aromatic rings. The van der Waals surface area contributed by atoms with Gasteiger partial charge in [-0.2, -0.15) is 10.5 Å². The summed E-state index contributed by atoms with van der Waals surface area (Å²) < 4.78 is 0. The summed E-state index contributed by atoms with van der Waals surface area (Å²) in [6, 6.07) is 19.6. The minimum atomic E-state index is 0.0859. The second-order valence-electron chi connectivity index (χ2n) is 6.85. The number of benzene rings is 2. The smallest absolute Gasteiger partial charge is 0.137 e. The minimum absolute atomic E-state index is 0.0859. The highest BCUT2D eigenvalue weighted by molar-refractivity contribution is 5.83. The summed E-state index contributed by atoms with van der Waals surface area (Å²) in [5, 5.41) is 18.8. The van der Waals surface area contributed by atoms with Crippen LogP contribution in [0, 0.1) is 48.4 Å². The minimum Gasteiger partial charge on any atom is -0.192 e. The van der Waals surface area contributed by atoms with Crippen molar-refractivity contribution in [1.29, 1.82) is 10.5 Å². The van der Waals surface area contributed by atoms with E-state index >= 15 is 0 Å². The quantitative estimate of drug-likeness (QED) is 0.461. The number of rotatable bonds is 2. The zero-order valence-electron chi connectivity index (χ0n) is 17.0. The van der Waals surface area contributed by atoms with Gasteiger partial charge in [-0.05, 0) is 54.3 Å². The molecule has 0 radical (unpaired) electrons. The molecule has 0 N–H and O–H groups in total. The first-order valence-electron chi connectivity index (χ1n) is 9.58. The number of hydrogen-bond acceptors (Lipinski definition) is 2. The highest BCUT2D eigenvalue weighted by Crippen LogP contribution is 2.23. The standard InChI is InChI=1S/C28H20N2/c1-21-8-6-9-22(2)27(21)17-16-23-10-7-11-24(15-14-23)18-28(26(19-29)20-30)25-12-4-3-5-13-25/h3-15,18H,1-2H3/b24-18+. The Kier molecular flexibility index (Phi) is 6.63. The summed E-state index contributed by atoms with van der Waals surface area (Å²) in [4.78, 5) is 0. The van der Waals surface area contributed by atoms with Crippen molar-refractivity contribution in [2.75, 3.05) is 0 Å². The molecule has 30 heavy (non-hydrogen) atoms. The number of aryl methyl sites for hydroxylation is 2. The second-order valence-corrected chi connectivity index (χ2v) is 6.85. The van der Waals surface area contributed by atoms with Crippen LogP contribution in [0.15, 0.2) is 102 Å². The van der Waals surface area contributed by atoms with E-state index < -0.39 is 0 Å². The topological polar surface area (TPSA) is 47.6 Å². The van der Waals surface area contributed by atoms with Crippen LogP contribution in [0.3, 0.4) is 0 Å². The van der Waals surface area contributed by atoms with E-state index in [1.54, 1.807) is 0 Å². The molecule has 0 saturated heterocycles. The Labute approximate surface area is 178 Å². The highest BCUT2D eigenvalue weighted by atomic mass is 14.3. The summed E-state index contributed by atoms with van der Waals surface area (Å²) in [5.41, 5.74) is 6.68. The average Bonchev–Trinajstić information content (AvgIpc) is 2.99. The van der Waals surface area contributed by atoms with E-state index in [4.69, 9.17) is 0 Å². The Morgan fingerprint density at radius 2 is 1.50 bits per heavy atom. The van der Waals surface area contributed by atoms with Gasteiger partial charge in [0.15, 0.2) is 0 Å². The van der Waals surface area contributed by atoms with Gasteiger partial charge in [0, 0.05) is 16.7 Å². The third-order valence-electron chi connectivity index (χ3n) is 4.72. The fourth-order valence-corrected chi connectivity index (χ4v) is 3.12. The molecule has 0 aromatic heterocycles. The van der Waals surface area contributed by atoms with Gasteiger partial charge in [-0.25, -0.2) is 0 Å². The first-order valence-corrected chi connectivity index (χ1v) is 9.58. The summed E-state index contributed by atoms with van der Waals surface area (Å²) >= 11 is 0. The predicted octanol–water partition coefficient (Wildman–Crippen LogP) is 6.13. The average molecular weight is 384 g/mol. The molecule has 0 bridgehead atoms. The van der Waals surface area contributed by atoms with Crippen molar-refractivity contribution >= 4 is 5.57 Å². The van der Waals surface area contributed by atoms with Gasteiger partial charge in [-0.3, -0.25) is 0 Å². The van der Waals surface area contributed by atoms with Crippen molar-refractivity contribution in [3.05, 3.63) is 124 Å². The van der Waals surface area contributed by atoms with Crippen LogP contribution in [0.5, 0.6) is 0 Å².